The molecule has 4 rings (SSSR count). The van der Waals surface area contributed by atoms with Crippen LogP contribution in [-0.2, 0) is 0 Å². The topological polar surface area (TPSA) is 58.9 Å². The van der Waals surface area contributed by atoms with Gasteiger partial charge in [-0.05, 0) is 91.5 Å². The van der Waals surface area contributed by atoms with Crippen LogP contribution in [0.5, 0.6) is 11.5 Å². The third-order valence-corrected chi connectivity index (χ3v) is 7.50. The van der Waals surface area contributed by atoms with Crippen LogP contribution in [0.25, 0.3) is 11.1 Å². The van der Waals surface area contributed by atoms with E-state index in [0.717, 1.165) is 29.6 Å². The van der Waals surface area contributed by atoms with Gasteiger partial charge < -0.3 is 19.5 Å². The summed E-state index contributed by atoms with van der Waals surface area (Å²) < 4.78 is 13.6. The Labute approximate surface area is 231 Å². The molecule has 0 radical (unpaired) electrons. The number of hydrogen-bond donors (Lipinski definition) is 2. The first-order valence-corrected chi connectivity index (χ1v) is 12.8. The van der Waals surface area contributed by atoms with E-state index >= 15 is 0 Å². The summed E-state index contributed by atoms with van der Waals surface area (Å²) in [6, 6.07) is 30.7. The predicted octanol–water partition coefficient (Wildman–Crippen LogP) is 6.55. The molecule has 8 heteroatoms. The van der Waals surface area contributed by atoms with Crippen LogP contribution in [0.2, 0.25) is 0 Å². The average Bonchev–Trinajstić information content (AvgIpc) is 2.88. The molecule has 0 bridgehead atoms. The second-order valence-corrected chi connectivity index (χ2v) is 9.65. The molecule has 0 fully saturated rings. The zero-order valence-corrected chi connectivity index (χ0v) is 24.0. The molecule has 0 aliphatic rings. The van der Waals surface area contributed by atoms with Gasteiger partial charge in [0.1, 0.15) is 11.5 Å². The fourth-order valence-electron chi connectivity index (χ4n) is 2.70. The highest BCUT2D eigenvalue weighted by atomic mass is 127. The van der Waals surface area contributed by atoms with Crippen LogP contribution < -0.4 is 14.9 Å². The summed E-state index contributed by atoms with van der Waals surface area (Å²) in [6.07, 6.45) is 0. The minimum absolute atomic E-state index is 0.525. The van der Waals surface area contributed by atoms with Crippen molar-refractivity contribution in [3.05, 3.63) is 110 Å². The molecule has 0 amide bonds. The number of benzene rings is 4. The van der Waals surface area contributed by atoms with E-state index in [4.69, 9.17) is 19.5 Å². The van der Waals surface area contributed by atoms with Crippen molar-refractivity contribution in [2.24, 2.45) is 0 Å². The SMILES string of the molecule is COc1ccc(Br)c(-c2ccccc2)c1.COc1ccc(Br)c(I)c1.OB(O)c1ccccc1. The highest BCUT2D eigenvalue weighted by Crippen LogP contribution is 2.31. The fraction of sp³-hybridized carbons (Fsp3) is 0.0769. The monoisotopic (exact) mass is 696 g/mol. The van der Waals surface area contributed by atoms with Gasteiger partial charge in [-0.2, -0.15) is 0 Å². The van der Waals surface area contributed by atoms with E-state index in [9.17, 15) is 0 Å². The number of halogens is 3. The lowest BCUT2D eigenvalue weighted by molar-refractivity contribution is 0.414. The Morgan fingerprint density at radius 1 is 0.676 bits per heavy atom. The highest BCUT2D eigenvalue weighted by molar-refractivity contribution is 14.1. The van der Waals surface area contributed by atoms with Gasteiger partial charge in [-0.3, -0.25) is 0 Å². The lowest BCUT2D eigenvalue weighted by Crippen LogP contribution is -2.29. The third kappa shape index (κ3) is 9.42. The Balaban J connectivity index is 0.000000189. The van der Waals surface area contributed by atoms with Crippen molar-refractivity contribution in [3.63, 3.8) is 0 Å². The minimum Gasteiger partial charge on any atom is -0.497 e. The predicted molar refractivity (Wildman–Crippen MR) is 156 cm³/mol. The Kier molecular flexibility index (Phi) is 12.7. The van der Waals surface area contributed by atoms with Gasteiger partial charge in [0, 0.05) is 12.5 Å². The van der Waals surface area contributed by atoms with Crippen LogP contribution >= 0.6 is 54.5 Å². The first-order valence-electron chi connectivity index (χ1n) is 10.1. The lowest BCUT2D eigenvalue weighted by Gasteiger charge is -2.07. The first-order chi connectivity index (χ1) is 16.3. The van der Waals surface area contributed by atoms with Gasteiger partial charge in [-0.15, -0.1) is 0 Å². The molecule has 34 heavy (non-hydrogen) atoms. The molecule has 0 heterocycles. The molecule has 0 aromatic heterocycles. The van der Waals surface area contributed by atoms with E-state index in [-0.39, 0.29) is 0 Å². The molecule has 0 aliphatic heterocycles. The summed E-state index contributed by atoms with van der Waals surface area (Å²) in [6.45, 7) is 0. The van der Waals surface area contributed by atoms with E-state index in [0.29, 0.717) is 5.46 Å². The molecule has 0 unspecified atom stereocenters. The number of rotatable bonds is 4. The summed E-state index contributed by atoms with van der Waals surface area (Å²) in [7, 11) is 2.00. The summed E-state index contributed by atoms with van der Waals surface area (Å²) >= 11 is 9.18. The molecule has 2 N–H and O–H groups in total. The van der Waals surface area contributed by atoms with Crippen LogP contribution in [0.4, 0.5) is 0 Å². The largest absolute Gasteiger partial charge is 0.497 e. The normalized spacial score (nSPS) is 9.62. The van der Waals surface area contributed by atoms with Gasteiger partial charge in [0.25, 0.3) is 0 Å². The molecular weight excluding hydrogens is 674 g/mol. The molecule has 0 saturated carbocycles. The quantitative estimate of drug-likeness (QED) is 0.188. The molecular formula is C26H24BBr2IO4. The second-order valence-electron chi connectivity index (χ2n) is 6.78. The van der Waals surface area contributed by atoms with E-state index in [1.165, 1.54) is 5.56 Å². The Bertz CT molecular complexity index is 1150. The number of ether oxygens (including phenoxy) is 2. The molecule has 0 spiro atoms. The van der Waals surface area contributed by atoms with Gasteiger partial charge >= 0.3 is 7.12 Å². The zero-order chi connectivity index (χ0) is 24.9. The fourth-order valence-corrected chi connectivity index (χ4v) is 3.91. The van der Waals surface area contributed by atoms with Crippen LogP contribution in [0.15, 0.2) is 106 Å². The van der Waals surface area contributed by atoms with E-state index < -0.39 is 7.12 Å². The third-order valence-electron chi connectivity index (χ3n) is 4.48. The number of methoxy groups -OCH3 is 2. The van der Waals surface area contributed by atoms with Crippen molar-refractivity contribution in [1.29, 1.82) is 0 Å². The standard InChI is InChI=1S/C13H11BrO.C7H6BrIO.C6H7BO2/c1-15-11-7-8-13(14)12(9-11)10-5-3-2-4-6-10;1-10-5-2-3-6(8)7(9)4-5;8-7(9)6-4-2-1-3-5-6/h2-9H,1H3;2-4H,1H3;1-5,8-9H. The smallest absolute Gasteiger partial charge is 0.488 e. The van der Waals surface area contributed by atoms with Crippen LogP contribution in [0, 0.1) is 3.57 Å². The molecule has 4 nitrogen and oxygen atoms in total. The lowest BCUT2D eigenvalue weighted by atomic mass is 9.81. The molecule has 0 atom stereocenters. The summed E-state index contributed by atoms with van der Waals surface area (Å²) in [5.41, 5.74) is 2.86. The molecule has 176 valence electrons. The van der Waals surface area contributed by atoms with Crippen molar-refractivity contribution in [1.82, 2.24) is 0 Å². The Morgan fingerprint density at radius 2 is 1.18 bits per heavy atom. The van der Waals surface area contributed by atoms with Crippen molar-refractivity contribution in [3.8, 4) is 22.6 Å². The average molecular weight is 698 g/mol. The van der Waals surface area contributed by atoms with Gasteiger partial charge in [-0.25, -0.2) is 0 Å². The van der Waals surface area contributed by atoms with Crippen molar-refractivity contribution in [2.75, 3.05) is 14.2 Å². The first kappa shape index (κ1) is 28.4. The molecule has 0 aliphatic carbocycles. The maximum atomic E-state index is 8.58. The second kappa shape index (κ2) is 15.2. The molecule has 0 saturated heterocycles. The van der Waals surface area contributed by atoms with E-state index in [1.54, 1.807) is 38.5 Å². The maximum Gasteiger partial charge on any atom is 0.488 e. The summed E-state index contributed by atoms with van der Waals surface area (Å²) in [5, 5.41) is 17.2. The van der Waals surface area contributed by atoms with Crippen molar-refractivity contribution < 1.29 is 19.5 Å². The summed E-state index contributed by atoms with van der Waals surface area (Å²) in [4.78, 5) is 0. The molecule has 4 aromatic carbocycles. The minimum atomic E-state index is -1.34. The van der Waals surface area contributed by atoms with Gasteiger partial charge in [0.2, 0.25) is 0 Å². The zero-order valence-electron chi connectivity index (χ0n) is 18.7. The number of hydrogen-bond acceptors (Lipinski definition) is 4. The van der Waals surface area contributed by atoms with Crippen LogP contribution in [-0.4, -0.2) is 31.4 Å². The van der Waals surface area contributed by atoms with Gasteiger partial charge in [0.05, 0.1) is 14.2 Å². The maximum absolute atomic E-state index is 8.58. The Hall–Kier alpha value is -1.85. The highest BCUT2D eigenvalue weighted by Gasteiger charge is 2.07. The van der Waals surface area contributed by atoms with Gasteiger partial charge in [-0.1, -0.05) is 76.6 Å². The van der Waals surface area contributed by atoms with Crippen LogP contribution in [0.1, 0.15) is 0 Å². The van der Waals surface area contributed by atoms with E-state index in [1.807, 2.05) is 60.7 Å². The molecule has 4 aromatic rings. The summed E-state index contributed by atoms with van der Waals surface area (Å²) in [5.74, 6) is 1.77. The van der Waals surface area contributed by atoms with Crippen molar-refractivity contribution >= 4 is 67.0 Å². The van der Waals surface area contributed by atoms with Crippen molar-refractivity contribution in [2.45, 2.75) is 0 Å². The van der Waals surface area contributed by atoms with Gasteiger partial charge in [0.15, 0.2) is 0 Å². The van der Waals surface area contributed by atoms with Crippen LogP contribution in [0.3, 0.4) is 0 Å². The van der Waals surface area contributed by atoms with E-state index in [2.05, 4.69) is 66.6 Å². The Morgan fingerprint density at radius 3 is 1.65 bits per heavy atom.